The second kappa shape index (κ2) is 4.72. The monoisotopic (exact) mass is 240 g/mol. The number of hydrogen-bond donors (Lipinski definition) is 1. The molecule has 0 aliphatic rings. The molecule has 1 aromatic heterocycles. The Morgan fingerprint density at radius 1 is 1.28 bits per heavy atom. The molecule has 0 fully saturated rings. The summed E-state index contributed by atoms with van der Waals surface area (Å²) in [4.78, 5) is 8.12. The van der Waals surface area contributed by atoms with Gasteiger partial charge in [0, 0.05) is 5.56 Å². The highest BCUT2D eigenvalue weighted by Crippen LogP contribution is 2.28. The molecule has 0 radical (unpaired) electrons. The summed E-state index contributed by atoms with van der Waals surface area (Å²) in [6.07, 6.45) is 0. The molecule has 0 spiro atoms. The van der Waals surface area contributed by atoms with Crippen LogP contribution in [0.5, 0.6) is 6.01 Å². The number of nitrogen functional groups attached to an aromatic ring is 1. The Morgan fingerprint density at radius 2 is 2.00 bits per heavy atom. The largest absolute Gasteiger partial charge is 0.467 e. The highest BCUT2D eigenvalue weighted by molar-refractivity contribution is 5.74. The van der Waals surface area contributed by atoms with Gasteiger partial charge in [-0.1, -0.05) is 24.3 Å². The summed E-state index contributed by atoms with van der Waals surface area (Å²) in [6.45, 7) is 1.95. The molecule has 0 amide bonds. The fourth-order valence-corrected chi connectivity index (χ4v) is 1.69. The Hall–Kier alpha value is -2.61. The van der Waals surface area contributed by atoms with Crippen molar-refractivity contribution in [3.63, 3.8) is 0 Å². The van der Waals surface area contributed by atoms with Crippen molar-refractivity contribution in [3.05, 3.63) is 35.4 Å². The van der Waals surface area contributed by atoms with Gasteiger partial charge in [-0.05, 0) is 12.5 Å². The topological polar surface area (TPSA) is 84.8 Å². The Morgan fingerprint density at radius 3 is 2.61 bits per heavy atom. The summed E-state index contributed by atoms with van der Waals surface area (Å²) in [6, 6.07) is 9.83. The molecule has 5 nitrogen and oxygen atoms in total. The summed E-state index contributed by atoms with van der Waals surface area (Å²) in [5.74, 6) is 0.127. The average molecular weight is 240 g/mol. The van der Waals surface area contributed by atoms with Crippen molar-refractivity contribution in [3.8, 4) is 23.3 Å². The molecule has 0 aliphatic carbocycles. The minimum atomic E-state index is 0.127. The number of benzene rings is 1. The van der Waals surface area contributed by atoms with Crippen LogP contribution in [0.25, 0.3) is 11.3 Å². The maximum Gasteiger partial charge on any atom is 0.318 e. The second-order valence-corrected chi connectivity index (χ2v) is 3.75. The van der Waals surface area contributed by atoms with E-state index in [9.17, 15) is 0 Å². The predicted octanol–water partition coefficient (Wildman–Crippen LogP) is 1.91. The minimum absolute atomic E-state index is 0.127. The van der Waals surface area contributed by atoms with Crippen molar-refractivity contribution in [2.24, 2.45) is 0 Å². The Kier molecular flexibility index (Phi) is 3.11. The maximum atomic E-state index is 9.16. The quantitative estimate of drug-likeness (QED) is 0.866. The number of aromatic nitrogens is 2. The molecule has 18 heavy (non-hydrogen) atoms. The molecule has 2 rings (SSSR count). The summed E-state index contributed by atoms with van der Waals surface area (Å²) in [5.41, 5.74) is 8.37. The van der Waals surface area contributed by atoms with Crippen LogP contribution in [0.2, 0.25) is 0 Å². The molecular formula is C13H12N4O. The van der Waals surface area contributed by atoms with Gasteiger partial charge in [0.25, 0.3) is 0 Å². The molecular weight excluding hydrogens is 228 g/mol. The molecule has 0 atom stereocenters. The third-order valence-corrected chi connectivity index (χ3v) is 2.61. The van der Waals surface area contributed by atoms with Crippen molar-refractivity contribution in [1.29, 1.82) is 5.26 Å². The average Bonchev–Trinajstić information content (AvgIpc) is 2.38. The first-order valence-electron chi connectivity index (χ1n) is 5.35. The molecule has 0 bridgehead atoms. The van der Waals surface area contributed by atoms with E-state index in [0.29, 0.717) is 5.69 Å². The van der Waals surface area contributed by atoms with E-state index in [1.165, 1.54) is 7.11 Å². The first-order chi connectivity index (χ1) is 8.67. The molecule has 90 valence electrons. The van der Waals surface area contributed by atoms with E-state index in [2.05, 4.69) is 9.97 Å². The second-order valence-electron chi connectivity index (χ2n) is 3.75. The van der Waals surface area contributed by atoms with Crippen LogP contribution in [0.4, 0.5) is 5.82 Å². The van der Waals surface area contributed by atoms with Gasteiger partial charge in [0.15, 0.2) is 0 Å². The van der Waals surface area contributed by atoms with Gasteiger partial charge in [-0.25, -0.2) is 0 Å². The van der Waals surface area contributed by atoms with Gasteiger partial charge in [0.1, 0.15) is 17.5 Å². The number of aryl methyl sites for hydroxylation is 1. The van der Waals surface area contributed by atoms with Gasteiger partial charge in [-0.3, -0.25) is 0 Å². The van der Waals surface area contributed by atoms with E-state index in [4.69, 9.17) is 15.7 Å². The Bertz CT molecular complexity index is 631. The molecule has 1 aromatic carbocycles. The van der Waals surface area contributed by atoms with E-state index in [1.54, 1.807) is 0 Å². The van der Waals surface area contributed by atoms with E-state index in [0.717, 1.165) is 11.1 Å². The minimum Gasteiger partial charge on any atom is -0.467 e. The van der Waals surface area contributed by atoms with Crippen molar-refractivity contribution in [1.82, 2.24) is 9.97 Å². The first-order valence-corrected chi connectivity index (χ1v) is 5.35. The van der Waals surface area contributed by atoms with Gasteiger partial charge in [-0.2, -0.15) is 15.2 Å². The van der Waals surface area contributed by atoms with Crippen molar-refractivity contribution < 1.29 is 4.74 Å². The van der Waals surface area contributed by atoms with Gasteiger partial charge in [-0.15, -0.1) is 0 Å². The van der Waals surface area contributed by atoms with Gasteiger partial charge >= 0.3 is 6.01 Å². The van der Waals surface area contributed by atoms with Crippen LogP contribution >= 0.6 is 0 Å². The molecule has 0 saturated carbocycles. The Labute approximate surface area is 105 Å². The van der Waals surface area contributed by atoms with Gasteiger partial charge < -0.3 is 10.5 Å². The smallest absolute Gasteiger partial charge is 0.318 e. The predicted molar refractivity (Wildman–Crippen MR) is 67.9 cm³/mol. The standard InChI is InChI=1S/C13H12N4O/c1-8-5-3-4-6-9(8)11-10(7-14)12(15)17-13(16-11)18-2/h3-6H,1-2H3,(H2,15,16,17). The summed E-state index contributed by atoms with van der Waals surface area (Å²) in [7, 11) is 1.46. The summed E-state index contributed by atoms with van der Waals surface area (Å²) in [5, 5.41) is 9.16. The van der Waals surface area contributed by atoms with Crippen molar-refractivity contribution in [2.45, 2.75) is 6.92 Å². The van der Waals surface area contributed by atoms with Gasteiger partial charge in [0.2, 0.25) is 0 Å². The maximum absolute atomic E-state index is 9.16. The van der Waals surface area contributed by atoms with Crippen LogP contribution in [-0.4, -0.2) is 17.1 Å². The van der Waals surface area contributed by atoms with E-state index in [1.807, 2.05) is 37.3 Å². The highest BCUT2D eigenvalue weighted by atomic mass is 16.5. The molecule has 0 saturated heterocycles. The number of anilines is 1. The highest BCUT2D eigenvalue weighted by Gasteiger charge is 2.15. The van der Waals surface area contributed by atoms with Crippen LogP contribution in [0.15, 0.2) is 24.3 Å². The van der Waals surface area contributed by atoms with Crippen LogP contribution in [0.3, 0.4) is 0 Å². The zero-order valence-corrected chi connectivity index (χ0v) is 10.1. The number of rotatable bonds is 2. The van der Waals surface area contributed by atoms with E-state index in [-0.39, 0.29) is 17.4 Å². The summed E-state index contributed by atoms with van der Waals surface area (Å²) >= 11 is 0. The fraction of sp³-hybridized carbons (Fsp3) is 0.154. The number of nitrogens with zero attached hydrogens (tertiary/aromatic N) is 3. The number of hydrogen-bond acceptors (Lipinski definition) is 5. The summed E-state index contributed by atoms with van der Waals surface area (Å²) < 4.78 is 4.98. The lowest BCUT2D eigenvalue weighted by molar-refractivity contribution is 0.381. The fourth-order valence-electron chi connectivity index (χ4n) is 1.69. The van der Waals surface area contributed by atoms with Crippen LogP contribution in [0.1, 0.15) is 11.1 Å². The number of nitriles is 1. The van der Waals surface area contributed by atoms with Crippen LogP contribution in [0, 0.1) is 18.3 Å². The normalized spacial score (nSPS) is 9.83. The van der Waals surface area contributed by atoms with E-state index < -0.39 is 0 Å². The SMILES string of the molecule is COc1nc(N)c(C#N)c(-c2ccccc2C)n1. The molecule has 0 unspecified atom stereocenters. The molecule has 2 aromatic rings. The third kappa shape index (κ3) is 1.96. The molecule has 1 heterocycles. The van der Waals surface area contributed by atoms with Crippen molar-refractivity contribution >= 4 is 5.82 Å². The lowest BCUT2D eigenvalue weighted by atomic mass is 10.0. The molecule has 2 N–H and O–H groups in total. The number of methoxy groups -OCH3 is 1. The third-order valence-electron chi connectivity index (χ3n) is 2.61. The number of ether oxygens (including phenoxy) is 1. The van der Waals surface area contributed by atoms with Gasteiger partial charge in [0.05, 0.1) is 12.8 Å². The first kappa shape index (κ1) is 11.9. The molecule has 0 aliphatic heterocycles. The lowest BCUT2D eigenvalue weighted by Crippen LogP contribution is -2.03. The Balaban J connectivity index is 2.74. The number of nitrogens with two attached hydrogens (primary N) is 1. The molecule has 5 heteroatoms. The zero-order valence-electron chi connectivity index (χ0n) is 10.1. The van der Waals surface area contributed by atoms with E-state index >= 15 is 0 Å². The lowest BCUT2D eigenvalue weighted by Gasteiger charge is -2.09. The van der Waals surface area contributed by atoms with Crippen molar-refractivity contribution in [2.75, 3.05) is 12.8 Å². The van der Waals surface area contributed by atoms with Crippen LogP contribution in [-0.2, 0) is 0 Å². The zero-order chi connectivity index (χ0) is 13.1. The van der Waals surface area contributed by atoms with Crippen LogP contribution < -0.4 is 10.5 Å².